The molecule has 35 heavy (non-hydrogen) atoms. The molecule has 4 rings (SSSR count). The number of amides is 3. The highest BCUT2D eigenvalue weighted by atomic mass is 35.5. The Balaban J connectivity index is 1.57. The third kappa shape index (κ3) is 5.26. The Morgan fingerprint density at radius 3 is 2.63 bits per heavy atom. The van der Waals surface area contributed by atoms with Crippen LogP contribution in [0.2, 0.25) is 5.02 Å². The molecule has 0 aliphatic carbocycles. The number of nitrogens with zero attached hydrogens (tertiary/aromatic N) is 2. The van der Waals surface area contributed by atoms with E-state index in [0.717, 1.165) is 41.7 Å². The monoisotopic (exact) mass is 511 g/mol. The van der Waals surface area contributed by atoms with Gasteiger partial charge in [0.2, 0.25) is 5.91 Å². The summed E-state index contributed by atoms with van der Waals surface area (Å²) < 4.78 is 0. The number of nitrogens with one attached hydrogen (secondary N) is 1. The number of hydrogen-bond acceptors (Lipinski definition) is 5. The summed E-state index contributed by atoms with van der Waals surface area (Å²) in [6.07, 6.45) is 3.70. The number of halogens is 1. The fourth-order valence-electron chi connectivity index (χ4n) is 4.92. The van der Waals surface area contributed by atoms with Crippen LogP contribution in [-0.4, -0.2) is 40.6 Å². The molecule has 2 aliphatic rings. The fraction of sp³-hybridized carbons (Fsp3) is 0.370. The van der Waals surface area contributed by atoms with Crippen LogP contribution in [0.25, 0.3) is 6.08 Å². The first-order valence-electron chi connectivity index (χ1n) is 11.8. The molecule has 1 atom stereocenters. The third-order valence-corrected chi connectivity index (χ3v) is 7.71. The normalized spacial score (nSPS) is 20.4. The van der Waals surface area contributed by atoms with E-state index in [1.165, 1.54) is 5.56 Å². The number of imide groups is 1. The molecule has 2 aromatic rings. The van der Waals surface area contributed by atoms with Gasteiger partial charge in [-0.05, 0) is 85.8 Å². The van der Waals surface area contributed by atoms with Gasteiger partial charge in [-0.1, -0.05) is 43.6 Å². The second kappa shape index (κ2) is 10.1. The fourth-order valence-corrected chi connectivity index (χ4v) is 5.96. The summed E-state index contributed by atoms with van der Waals surface area (Å²) in [5, 5.41) is 2.77. The van der Waals surface area contributed by atoms with Gasteiger partial charge >= 0.3 is 0 Å². The van der Waals surface area contributed by atoms with Gasteiger partial charge in [0.15, 0.2) is 0 Å². The number of carbonyl (C=O) groups is 3. The van der Waals surface area contributed by atoms with Crippen molar-refractivity contribution in [3.8, 4) is 0 Å². The highest BCUT2D eigenvalue weighted by Gasteiger charge is 2.38. The first kappa shape index (κ1) is 25.3. The van der Waals surface area contributed by atoms with E-state index in [2.05, 4.69) is 37.9 Å². The lowest BCUT2D eigenvalue weighted by atomic mass is 9.79. The Hall–Kier alpha value is -2.77. The zero-order valence-electron chi connectivity index (χ0n) is 20.4. The molecule has 1 unspecified atom stereocenters. The van der Waals surface area contributed by atoms with Crippen LogP contribution >= 0.6 is 23.4 Å². The molecule has 3 amide bonds. The van der Waals surface area contributed by atoms with Gasteiger partial charge in [0, 0.05) is 28.5 Å². The maximum atomic E-state index is 13.0. The van der Waals surface area contributed by atoms with Crippen molar-refractivity contribution in [3.05, 3.63) is 63.5 Å². The van der Waals surface area contributed by atoms with E-state index < -0.39 is 17.1 Å². The lowest BCUT2D eigenvalue weighted by molar-refractivity contribution is -0.127. The van der Waals surface area contributed by atoms with Crippen LogP contribution < -0.4 is 10.2 Å². The molecule has 1 N–H and O–H groups in total. The van der Waals surface area contributed by atoms with Crippen molar-refractivity contribution in [1.82, 2.24) is 4.90 Å². The summed E-state index contributed by atoms with van der Waals surface area (Å²) in [4.78, 5) is 41.6. The van der Waals surface area contributed by atoms with Crippen molar-refractivity contribution in [2.45, 2.75) is 52.0 Å². The zero-order valence-corrected chi connectivity index (χ0v) is 22.0. The SMILES string of the molecule is CCCN1c2cc(Cl)c(/C=C3/SC(=O)N(CC(=O)Nc4ccccc4)C3=O)cc2C(C)CC1(C)C. The van der Waals surface area contributed by atoms with Gasteiger partial charge in [-0.25, -0.2) is 0 Å². The van der Waals surface area contributed by atoms with Gasteiger partial charge in [0.25, 0.3) is 11.1 Å². The molecule has 2 aliphatic heterocycles. The van der Waals surface area contributed by atoms with Crippen LogP contribution in [-0.2, 0) is 9.59 Å². The molecule has 0 saturated carbocycles. The van der Waals surface area contributed by atoms with Gasteiger partial charge in [-0.3, -0.25) is 19.3 Å². The Kier molecular flexibility index (Phi) is 7.29. The number of carbonyl (C=O) groups excluding carboxylic acids is 3. The van der Waals surface area contributed by atoms with Crippen molar-refractivity contribution in [1.29, 1.82) is 0 Å². The minimum atomic E-state index is -0.487. The molecule has 0 aromatic heterocycles. The lowest BCUT2D eigenvalue weighted by Crippen LogP contribution is -2.48. The van der Waals surface area contributed by atoms with Crippen molar-refractivity contribution in [3.63, 3.8) is 0 Å². The first-order chi connectivity index (χ1) is 16.6. The van der Waals surface area contributed by atoms with Crippen LogP contribution in [0.1, 0.15) is 57.6 Å². The summed E-state index contributed by atoms with van der Waals surface area (Å²) in [5.74, 6) is -0.591. The zero-order chi connectivity index (χ0) is 25.3. The number of fused-ring (bicyclic) bond motifs is 1. The largest absolute Gasteiger partial charge is 0.366 e. The minimum Gasteiger partial charge on any atom is -0.366 e. The number of rotatable bonds is 6. The van der Waals surface area contributed by atoms with Gasteiger partial charge in [-0.15, -0.1) is 0 Å². The number of thioether (sulfide) groups is 1. The van der Waals surface area contributed by atoms with Gasteiger partial charge < -0.3 is 10.2 Å². The summed E-state index contributed by atoms with van der Waals surface area (Å²) in [7, 11) is 0. The molecule has 6 nitrogen and oxygen atoms in total. The molecule has 0 bridgehead atoms. The summed E-state index contributed by atoms with van der Waals surface area (Å²) in [5.41, 5.74) is 3.65. The highest BCUT2D eigenvalue weighted by molar-refractivity contribution is 8.18. The van der Waals surface area contributed by atoms with Crippen molar-refractivity contribution >= 4 is 57.9 Å². The summed E-state index contributed by atoms with van der Waals surface area (Å²) in [6.45, 7) is 9.49. The average molecular weight is 512 g/mol. The second-order valence-electron chi connectivity index (χ2n) is 9.68. The van der Waals surface area contributed by atoms with E-state index in [0.29, 0.717) is 22.2 Å². The number of benzene rings is 2. The Morgan fingerprint density at radius 1 is 1.23 bits per heavy atom. The van der Waals surface area contributed by atoms with Crippen LogP contribution in [0.3, 0.4) is 0 Å². The lowest BCUT2D eigenvalue weighted by Gasteiger charge is -2.47. The maximum Gasteiger partial charge on any atom is 0.294 e. The first-order valence-corrected chi connectivity index (χ1v) is 13.0. The quantitative estimate of drug-likeness (QED) is 0.447. The summed E-state index contributed by atoms with van der Waals surface area (Å²) in [6, 6.07) is 12.9. The molecule has 8 heteroatoms. The third-order valence-electron chi connectivity index (χ3n) is 6.47. The average Bonchev–Trinajstić information content (AvgIpc) is 3.05. The van der Waals surface area contributed by atoms with Crippen LogP contribution in [0.15, 0.2) is 47.4 Å². The van der Waals surface area contributed by atoms with Crippen molar-refractivity contribution in [2.24, 2.45) is 0 Å². The Morgan fingerprint density at radius 2 is 1.94 bits per heavy atom. The topological polar surface area (TPSA) is 69.7 Å². The maximum absolute atomic E-state index is 13.0. The number of hydrogen-bond donors (Lipinski definition) is 1. The van der Waals surface area contributed by atoms with Crippen molar-refractivity contribution in [2.75, 3.05) is 23.3 Å². The smallest absolute Gasteiger partial charge is 0.294 e. The van der Waals surface area contributed by atoms with E-state index in [1.54, 1.807) is 30.3 Å². The molecule has 1 fully saturated rings. The van der Waals surface area contributed by atoms with E-state index >= 15 is 0 Å². The predicted octanol–water partition coefficient (Wildman–Crippen LogP) is 6.52. The molecule has 0 spiro atoms. The van der Waals surface area contributed by atoms with Gasteiger partial charge in [0.05, 0.1) is 4.91 Å². The molecule has 1 saturated heterocycles. The molecule has 184 valence electrons. The molecule has 2 aromatic carbocycles. The van der Waals surface area contributed by atoms with Gasteiger partial charge in [-0.2, -0.15) is 0 Å². The van der Waals surface area contributed by atoms with Crippen LogP contribution in [0, 0.1) is 0 Å². The number of anilines is 2. The molecule has 2 heterocycles. The summed E-state index contributed by atoms with van der Waals surface area (Å²) >= 11 is 7.52. The standard InChI is InChI=1S/C27H30ClN3O3S/c1-5-11-31-22-14-21(28)18(12-20(22)17(2)15-27(31,3)4)13-23-25(33)30(26(34)35-23)16-24(32)29-19-9-7-6-8-10-19/h6-10,12-14,17H,5,11,15-16H2,1-4H3,(H,29,32)/b23-13+. The highest BCUT2D eigenvalue weighted by Crippen LogP contribution is 2.46. The minimum absolute atomic E-state index is 0.0241. The Labute approximate surface area is 215 Å². The van der Waals surface area contributed by atoms with E-state index in [-0.39, 0.29) is 17.0 Å². The van der Waals surface area contributed by atoms with Crippen LogP contribution in [0.5, 0.6) is 0 Å². The molecule has 0 radical (unpaired) electrons. The van der Waals surface area contributed by atoms with Crippen molar-refractivity contribution < 1.29 is 14.4 Å². The van der Waals surface area contributed by atoms with Gasteiger partial charge in [0.1, 0.15) is 6.54 Å². The predicted molar refractivity (Wildman–Crippen MR) is 144 cm³/mol. The number of para-hydroxylation sites is 1. The molecular weight excluding hydrogens is 482 g/mol. The molecular formula is C27H30ClN3O3S. The van der Waals surface area contributed by atoms with E-state index in [1.807, 2.05) is 18.2 Å². The van der Waals surface area contributed by atoms with E-state index in [9.17, 15) is 14.4 Å². The Bertz CT molecular complexity index is 1200. The van der Waals surface area contributed by atoms with Crippen LogP contribution in [0.4, 0.5) is 16.2 Å². The van der Waals surface area contributed by atoms with E-state index in [4.69, 9.17) is 11.6 Å². The second-order valence-corrected chi connectivity index (χ2v) is 11.1.